The van der Waals surface area contributed by atoms with Crippen LogP contribution in [0.3, 0.4) is 0 Å². The third-order valence-corrected chi connectivity index (χ3v) is 2.38. The minimum atomic E-state index is -0.340. The van der Waals surface area contributed by atoms with Crippen molar-refractivity contribution in [3.8, 4) is 0 Å². The van der Waals surface area contributed by atoms with Crippen LogP contribution in [0.1, 0.15) is 48.4 Å². The van der Waals surface area contributed by atoms with Crippen LogP contribution in [-0.4, -0.2) is 29.4 Å². The number of aryl methyl sites for hydroxylation is 1. The van der Waals surface area contributed by atoms with E-state index < -0.39 is 0 Å². The molecular weight excluding hydrogens is 220 g/mol. The van der Waals surface area contributed by atoms with Crippen molar-refractivity contribution in [1.82, 2.24) is 10.2 Å². The number of unbranched alkanes of at least 4 members (excludes halogenated alkanes) is 1. The summed E-state index contributed by atoms with van der Waals surface area (Å²) in [6.45, 7) is 7.08. The number of H-pyrrole nitrogens is 1. The summed E-state index contributed by atoms with van der Waals surface area (Å²) in [5, 5.41) is 6.85. The first kappa shape index (κ1) is 13.7. The lowest BCUT2D eigenvalue weighted by molar-refractivity contribution is 0.0517. The molecule has 0 atom stereocenters. The second-order valence-electron chi connectivity index (χ2n) is 3.80. The van der Waals surface area contributed by atoms with Crippen molar-refractivity contribution in [3.63, 3.8) is 0 Å². The van der Waals surface area contributed by atoms with Crippen molar-refractivity contribution >= 4 is 5.97 Å². The van der Waals surface area contributed by atoms with E-state index in [1.165, 1.54) is 0 Å². The second-order valence-corrected chi connectivity index (χ2v) is 3.80. The molecule has 96 valence electrons. The Hall–Kier alpha value is -1.36. The molecule has 1 rings (SSSR count). The molecule has 0 aliphatic carbocycles. The van der Waals surface area contributed by atoms with Crippen LogP contribution in [0.4, 0.5) is 0 Å². The zero-order chi connectivity index (χ0) is 12.7. The molecule has 1 aromatic heterocycles. The van der Waals surface area contributed by atoms with Crippen LogP contribution in [0.2, 0.25) is 0 Å². The van der Waals surface area contributed by atoms with E-state index in [0.29, 0.717) is 31.1 Å². The maximum atomic E-state index is 11.7. The van der Waals surface area contributed by atoms with Crippen molar-refractivity contribution in [2.75, 3.05) is 13.2 Å². The lowest BCUT2D eigenvalue weighted by Gasteiger charge is -2.04. The number of rotatable bonds is 7. The predicted molar refractivity (Wildman–Crippen MR) is 63.8 cm³/mol. The van der Waals surface area contributed by atoms with Crippen molar-refractivity contribution in [2.45, 2.75) is 40.2 Å². The summed E-state index contributed by atoms with van der Waals surface area (Å²) in [7, 11) is 0. The molecule has 1 aromatic rings. The van der Waals surface area contributed by atoms with Gasteiger partial charge in [0.15, 0.2) is 0 Å². The molecule has 17 heavy (non-hydrogen) atoms. The van der Waals surface area contributed by atoms with Gasteiger partial charge in [0, 0.05) is 12.3 Å². The summed E-state index contributed by atoms with van der Waals surface area (Å²) in [4.78, 5) is 11.7. The van der Waals surface area contributed by atoms with Gasteiger partial charge in [0.05, 0.1) is 13.2 Å². The van der Waals surface area contributed by atoms with Crippen LogP contribution < -0.4 is 0 Å². The quantitative estimate of drug-likeness (QED) is 0.586. The Morgan fingerprint density at radius 1 is 1.41 bits per heavy atom. The Morgan fingerprint density at radius 2 is 2.18 bits per heavy atom. The topological polar surface area (TPSA) is 64.2 Å². The van der Waals surface area contributed by atoms with Crippen molar-refractivity contribution in [3.05, 3.63) is 17.0 Å². The summed E-state index contributed by atoms with van der Waals surface area (Å²) in [5.74, 6) is -0.340. The predicted octanol–water partition coefficient (Wildman–Crippen LogP) is 2.21. The number of carbonyl (C=O) groups excluding carboxylic acids is 1. The molecule has 0 unspecified atom stereocenters. The van der Waals surface area contributed by atoms with Gasteiger partial charge in [0.1, 0.15) is 11.3 Å². The number of nitrogens with one attached hydrogen (secondary N) is 1. The number of esters is 1. The summed E-state index contributed by atoms with van der Waals surface area (Å²) in [6, 6.07) is 0. The lowest BCUT2D eigenvalue weighted by Crippen LogP contribution is -2.09. The highest BCUT2D eigenvalue weighted by Crippen LogP contribution is 2.13. The summed E-state index contributed by atoms with van der Waals surface area (Å²) >= 11 is 0. The molecule has 0 amide bonds. The fourth-order valence-electron chi connectivity index (χ4n) is 1.47. The Bertz CT molecular complexity index is 361. The molecule has 1 heterocycles. The van der Waals surface area contributed by atoms with E-state index in [4.69, 9.17) is 9.47 Å². The Labute approximate surface area is 102 Å². The monoisotopic (exact) mass is 240 g/mol. The van der Waals surface area contributed by atoms with Gasteiger partial charge in [-0.2, -0.15) is 5.10 Å². The molecule has 0 radical (unpaired) electrons. The molecule has 5 heteroatoms. The van der Waals surface area contributed by atoms with Gasteiger partial charge in [0.25, 0.3) is 0 Å². The van der Waals surface area contributed by atoms with Gasteiger partial charge < -0.3 is 9.47 Å². The van der Waals surface area contributed by atoms with Gasteiger partial charge in [-0.3, -0.25) is 5.10 Å². The van der Waals surface area contributed by atoms with E-state index >= 15 is 0 Å². The first-order valence-electron chi connectivity index (χ1n) is 5.99. The molecule has 0 saturated heterocycles. The zero-order valence-corrected chi connectivity index (χ0v) is 10.7. The minimum absolute atomic E-state index is 0.340. The highest BCUT2D eigenvalue weighted by molar-refractivity contribution is 5.91. The number of ether oxygens (including phenoxy) is 2. The third-order valence-electron chi connectivity index (χ3n) is 2.38. The average molecular weight is 240 g/mol. The molecule has 0 spiro atoms. The smallest absolute Gasteiger partial charge is 0.341 e. The van der Waals surface area contributed by atoms with Crippen LogP contribution in [0.5, 0.6) is 0 Å². The van der Waals surface area contributed by atoms with Gasteiger partial charge in [-0.15, -0.1) is 0 Å². The largest absolute Gasteiger partial charge is 0.462 e. The van der Waals surface area contributed by atoms with Gasteiger partial charge in [-0.25, -0.2) is 4.79 Å². The number of aromatic amines is 1. The third kappa shape index (κ3) is 3.85. The first-order chi connectivity index (χ1) is 8.20. The van der Waals surface area contributed by atoms with E-state index in [-0.39, 0.29) is 5.97 Å². The fraction of sp³-hybridized carbons (Fsp3) is 0.667. The summed E-state index contributed by atoms with van der Waals surface area (Å²) in [6.07, 6.45) is 2.10. The van der Waals surface area contributed by atoms with E-state index in [1.807, 2.05) is 0 Å². The molecular formula is C12H20N2O3. The maximum Gasteiger partial charge on any atom is 0.341 e. The number of aromatic nitrogens is 2. The van der Waals surface area contributed by atoms with Gasteiger partial charge >= 0.3 is 5.97 Å². The van der Waals surface area contributed by atoms with E-state index in [9.17, 15) is 4.79 Å². The van der Waals surface area contributed by atoms with Crippen LogP contribution in [0.15, 0.2) is 0 Å². The van der Waals surface area contributed by atoms with E-state index in [2.05, 4.69) is 17.1 Å². The molecule has 0 saturated carbocycles. The van der Waals surface area contributed by atoms with Crippen molar-refractivity contribution < 1.29 is 14.3 Å². The molecule has 0 aliphatic heterocycles. The van der Waals surface area contributed by atoms with Gasteiger partial charge in [-0.05, 0) is 20.3 Å². The van der Waals surface area contributed by atoms with Gasteiger partial charge in [0.2, 0.25) is 0 Å². The SMILES string of the molecule is CCCCOCc1n[nH]c(C)c1C(=O)OCC. The summed E-state index contributed by atoms with van der Waals surface area (Å²) in [5.41, 5.74) is 1.85. The van der Waals surface area contributed by atoms with Gasteiger partial charge in [-0.1, -0.05) is 13.3 Å². The van der Waals surface area contributed by atoms with E-state index in [1.54, 1.807) is 13.8 Å². The molecule has 1 N–H and O–H groups in total. The molecule has 0 fully saturated rings. The molecule has 0 aliphatic rings. The maximum absolute atomic E-state index is 11.7. The average Bonchev–Trinajstić information content (AvgIpc) is 2.66. The van der Waals surface area contributed by atoms with Crippen LogP contribution in [0.25, 0.3) is 0 Å². The lowest BCUT2D eigenvalue weighted by atomic mass is 10.2. The van der Waals surface area contributed by atoms with Crippen molar-refractivity contribution in [2.24, 2.45) is 0 Å². The first-order valence-corrected chi connectivity index (χ1v) is 5.99. The Balaban J connectivity index is 2.62. The highest BCUT2D eigenvalue weighted by Gasteiger charge is 2.18. The number of nitrogens with zero attached hydrogens (tertiary/aromatic N) is 1. The normalized spacial score (nSPS) is 10.5. The van der Waals surface area contributed by atoms with Crippen LogP contribution >= 0.6 is 0 Å². The van der Waals surface area contributed by atoms with Crippen molar-refractivity contribution in [1.29, 1.82) is 0 Å². The fourth-order valence-corrected chi connectivity index (χ4v) is 1.47. The Morgan fingerprint density at radius 3 is 2.82 bits per heavy atom. The number of carbonyl (C=O) groups is 1. The zero-order valence-electron chi connectivity index (χ0n) is 10.7. The van der Waals surface area contributed by atoms with Crippen LogP contribution in [0, 0.1) is 6.92 Å². The molecule has 0 bridgehead atoms. The standard InChI is InChI=1S/C12H20N2O3/c1-4-6-7-16-8-10-11(9(3)13-14-10)12(15)17-5-2/h4-8H2,1-3H3,(H,13,14). The van der Waals surface area contributed by atoms with E-state index in [0.717, 1.165) is 18.5 Å². The Kier molecular flexibility index (Phi) is 5.69. The number of hydrogen-bond acceptors (Lipinski definition) is 4. The van der Waals surface area contributed by atoms with Crippen LogP contribution in [-0.2, 0) is 16.1 Å². The second kappa shape index (κ2) is 7.06. The number of hydrogen-bond donors (Lipinski definition) is 1. The summed E-state index contributed by atoms with van der Waals surface area (Å²) < 4.78 is 10.4. The molecule has 5 nitrogen and oxygen atoms in total. The highest BCUT2D eigenvalue weighted by atomic mass is 16.5. The molecule has 0 aromatic carbocycles. The minimum Gasteiger partial charge on any atom is -0.462 e.